The first-order valence-electron chi connectivity index (χ1n) is 6.38. The zero-order valence-corrected chi connectivity index (χ0v) is 10.8. The molecule has 1 atom stereocenters. The van der Waals surface area contributed by atoms with Crippen molar-refractivity contribution in [2.24, 2.45) is 0 Å². The Kier molecular flexibility index (Phi) is 2.78. The predicted molar refractivity (Wildman–Crippen MR) is 69.7 cm³/mol. The third-order valence-corrected chi connectivity index (χ3v) is 3.47. The molecule has 0 aliphatic carbocycles. The Morgan fingerprint density at radius 1 is 1.39 bits per heavy atom. The lowest BCUT2D eigenvalue weighted by Crippen LogP contribution is -2.16. The molecule has 1 unspecified atom stereocenters. The van der Waals surface area contributed by atoms with Crippen LogP contribution in [0.3, 0.4) is 0 Å². The van der Waals surface area contributed by atoms with Crippen LogP contribution >= 0.6 is 0 Å². The highest BCUT2D eigenvalue weighted by Crippen LogP contribution is 2.26. The van der Waals surface area contributed by atoms with Gasteiger partial charge in [-0.15, -0.1) is 0 Å². The van der Waals surface area contributed by atoms with Crippen LogP contribution in [0.25, 0.3) is 11.4 Å². The Morgan fingerprint density at radius 2 is 2.28 bits per heavy atom. The fraction of sp³-hybridized carbons (Fsp3) is 0.429. The summed E-state index contributed by atoms with van der Waals surface area (Å²) in [4.78, 5) is 4.64. The molecule has 1 aliphatic heterocycles. The van der Waals surface area contributed by atoms with Crippen molar-refractivity contribution < 1.29 is 4.74 Å². The molecule has 4 nitrogen and oxygen atoms in total. The minimum Gasteiger partial charge on any atom is -0.497 e. The summed E-state index contributed by atoms with van der Waals surface area (Å²) in [6, 6.07) is 8.36. The normalized spacial score (nSPS) is 18.4. The first-order valence-corrected chi connectivity index (χ1v) is 6.38. The first kappa shape index (κ1) is 11.3. The number of ether oxygens (including phenoxy) is 1. The summed E-state index contributed by atoms with van der Waals surface area (Å²) in [5, 5.41) is 4.63. The van der Waals surface area contributed by atoms with E-state index >= 15 is 0 Å². The van der Waals surface area contributed by atoms with Crippen molar-refractivity contribution in [3.05, 3.63) is 30.1 Å². The van der Waals surface area contributed by atoms with E-state index in [0.29, 0.717) is 6.04 Å². The quantitative estimate of drug-likeness (QED) is 0.814. The van der Waals surface area contributed by atoms with Crippen LogP contribution in [0.15, 0.2) is 24.3 Å². The zero-order chi connectivity index (χ0) is 12.5. The third-order valence-electron chi connectivity index (χ3n) is 3.47. The minimum atomic E-state index is 0.459. The third kappa shape index (κ3) is 1.88. The average molecular weight is 243 g/mol. The molecule has 0 saturated carbocycles. The molecule has 0 N–H and O–H groups in total. The molecule has 4 heteroatoms. The van der Waals surface area contributed by atoms with Crippen molar-refractivity contribution in [1.82, 2.24) is 14.8 Å². The highest BCUT2D eigenvalue weighted by Gasteiger charge is 2.20. The Labute approximate surface area is 107 Å². The number of benzene rings is 1. The van der Waals surface area contributed by atoms with E-state index in [9.17, 15) is 0 Å². The number of aromatic nitrogens is 3. The van der Waals surface area contributed by atoms with E-state index < -0.39 is 0 Å². The number of hydrogen-bond donors (Lipinski definition) is 0. The van der Waals surface area contributed by atoms with Crippen LogP contribution in [0.5, 0.6) is 5.75 Å². The number of hydrogen-bond acceptors (Lipinski definition) is 3. The van der Waals surface area contributed by atoms with Gasteiger partial charge in [0, 0.05) is 12.0 Å². The molecule has 18 heavy (non-hydrogen) atoms. The van der Waals surface area contributed by atoms with Gasteiger partial charge in [-0.1, -0.05) is 12.1 Å². The second-order valence-corrected chi connectivity index (χ2v) is 4.77. The summed E-state index contributed by atoms with van der Waals surface area (Å²) in [5.74, 6) is 2.75. The van der Waals surface area contributed by atoms with Gasteiger partial charge in [0.1, 0.15) is 11.6 Å². The van der Waals surface area contributed by atoms with Gasteiger partial charge in [-0.05, 0) is 31.9 Å². The topological polar surface area (TPSA) is 39.9 Å². The van der Waals surface area contributed by atoms with Gasteiger partial charge in [0.15, 0.2) is 5.82 Å². The van der Waals surface area contributed by atoms with Crippen LogP contribution in [-0.4, -0.2) is 21.9 Å². The van der Waals surface area contributed by atoms with Gasteiger partial charge in [0.2, 0.25) is 0 Å². The van der Waals surface area contributed by atoms with E-state index in [0.717, 1.165) is 29.4 Å². The largest absolute Gasteiger partial charge is 0.497 e. The lowest BCUT2D eigenvalue weighted by molar-refractivity contribution is 0.389. The summed E-state index contributed by atoms with van der Waals surface area (Å²) in [5.41, 5.74) is 1.02. The number of fused-ring (bicyclic) bond motifs is 1. The van der Waals surface area contributed by atoms with Crippen molar-refractivity contribution in [1.29, 1.82) is 0 Å². The van der Waals surface area contributed by atoms with Crippen LogP contribution in [0.1, 0.15) is 31.6 Å². The van der Waals surface area contributed by atoms with Gasteiger partial charge in [0.25, 0.3) is 0 Å². The maximum Gasteiger partial charge on any atom is 0.181 e. The van der Waals surface area contributed by atoms with Crippen molar-refractivity contribution in [3.63, 3.8) is 0 Å². The van der Waals surface area contributed by atoms with Gasteiger partial charge < -0.3 is 4.74 Å². The fourth-order valence-corrected chi connectivity index (χ4v) is 2.44. The highest BCUT2D eigenvalue weighted by atomic mass is 16.5. The van der Waals surface area contributed by atoms with Gasteiger partial charge >= 0.3 is 0 Å². The molecule has 0 radical (unpaired) electrons. The molecule has 1 aromatic carbocycles. The number of methoxy groups -OCH3 is 1. The number of rotatable bonds is 2. The van der Waals surface area contributed by atoms with Crippen molar-refractivity contribution in [2.75, 3.05) is 7.11 Å². The molecular formula is C14H17N3O. The van der Waals surface area contributed by atoms with Gasteiger partial charge in [0.05, 0.1) is 13.2 Å². The molecule has 2 heterocycles. The summed E-state index contributed by atoms with van der Waals surface area (Å²) in [6.07, 6.45) is 3.42. The number of aryl methyl sites for hydroxylation is 1. The van der Waals surface area contributed by atoms with E-state index in [1.165, 1.54) is 12.8 Å². The predicted octanol–water partition coefficient (Wildman–Crippen LogP) is 2.85. The van der Waals surface area contributed by atoms with E-state index in [-0.39, 0.29) is 0 Å². The van der Waals surface area contributed by atoms with E-state index in [2.05, 4.69) is 21.7 Å². The standard InChI is InChI=1S/C14H17N3O/c1-10-5-3-8-13-15-14(16-17(10)13)11-6-4-7-12(9-11)18-2/h4,6-7,9-10H,3,5,8H2,1-2H3. The van der Waals surface area contributed by atoms with Gasteiger partial charge in [-0.3, -0.25) is 0 Å². The second kappa shape index (κ2) is 4.44. The van der Waals surface area contributed by atoms with Gasteiger partial charge in [-0.25, -0.2) is 9.67 Å². The lowest BCUT2D eigenvalue weighted by Gasteiger charge is -2.18. The van der Waals surface area contributed by atoms with Crippen LogP contribution in [-0.2, 0) is 6.42 Å². The molecule has 0 amide bonds. The van der Waals surface area contributed by atoms with E-state index in [1.807, 2.05) is 24.3 Å². The minimum absolute atomic E-state index is 0.459. The van der Waals surface area contributed by atoms with Crippen molar-refractivity contribution >= 4 is 0 Å². The van der Waals surface area contributed by atoms with Crippen LogP contribution in [0.4, 0.5) is 0 Å². The molecule has 2 aromatic rings. The van der Waals surface area contributed by atoms with Crippen molar-refractivity contribution in [3.8, 4) is 17.1 Å². The van der Waals surface area contributed by atoms with Crippen LogP contribution in [0.2, 0.25) is 0 Å². The Bertz CT molecular complexity index is 562. The molecular weight excluding hydrogens is 226 g/mol. The highest BCUT2D eigenvalue weighted by molar-refractivity contribution is 5.57. The average Bonchev–Trinajstić information content (AvgIpc) is 2.84. The molecule has 0 spiro atoms. The SMILES string of the molecule is COc1cccc(-c2nc3n(n2)C(C)CCC3)c1. The Morgan fingerprint density at radius 3 is 3.06 bits per heavy atom. The summed E-state index contributed by atoms with van der Waals surface area (Å²) in [7, 11) is 1.67. The van der Waals surface area contributed by atoms with E-state index in [1.54, 1.807) is 7.11 Å². The smallest absolute Gasteiger partial charge is 0.181 e. The second-order valence-electron chi connectivity index (χ2n) is 4.77. The number of nitrogens with zero attached hydrogens (tertiary/aromatic N) is 3. The molecule has 1 aliphatic rings. The summed E-state index contributed by atoms with van der Waals surface area (Å²) >= 11 is 0. The first-order chi connectivity index (χ1) is 8.78. The van der Waals surface area contributed by atoms with Crippen LogP contribution in [0, 0.1) is 0 Å². The fourth-order valence-electron chi connectivity index (χ4n) is 2.44. The Hall–Kier alpha value is -1.84. The molecule has 0 fully saturated rings. The Balaban J connectivity index is 2.01. The molecule has 0 saturated heterocycles. The maximum atomic E-state index is 5.24. The van der Waals surface area contributed by atoms with Crippen molar-refractivity contribution in [2.45, 2.75) is 32.2 Å². The van der Waals surface area contributed by atoms with Crippen LogP contribution < -0.4 is 4.74 Å². The zero-order valence-electron chi connectivity index (χ0n) is 10.8. The van der Waals surface area contributed by atoms with E-state index in [4.69, 9.17) is 4.74 Å². The molecule has 0 bridgehead atoms. The summed E-state index contributed by atoms with van der Waals surface area (Å²) in [6.45, 7) is 2.20. The van der Waals surface area contributed by atoms with Gasteiger partial charge in [-0.2, -0.15) is 5.10 Å². The molecule has 94 valence electrons. The lowest BCUT2D eigenvalue weighted by atomic mass is 10.1. The molecule has 3 rings (SSSR count). The molecule has 1 aromatic heterocycles. The summed E-state index contributed by atoms with van der Waals surface area (Å²) < 4.78 is 7.30. The maximum absolute atomic E-state index is 5.24. The monoisotopic (exact) mass is 243 g/mol.